The molecule has 2 aromatic heterocycles. The van der Waals surface area contributed by atoms with Gasteiger partial charge in [-0.1, -0.05) is 133 Å². The zero-order valence-electron chi connectivity index (χ0n) is 23.8. The molecule has 9 aromatic rings. The fourth-order valence-electron chi connectivity index (χ4n) is 6.89. The lowest BCUT2D eigenvalue weighted by molar-refractivity contribution is 0.634. The number of hydrogen-bond donors (Lipinski definition) is 0. The van der Waals surface area contributed by atoms with Gasteiger partial charge in [0.15, 0.2) is 0 Å². The van der Waals surface area contributed by atoms with Crippen LogP contribution in [-0.4, -0.2) is 0 Å². The van der Waals surface area contributed by atoms with Crippen molar-refractivity contribution in [2.24, 2.45) is 0 Å². The number of fused-ring (bicyclic) bond motifs is 4. The van der Waals surface area contributed by atoms with Gasteiger partial charge in [0.05, 0.1) is 0 Å². The number of furan rings is 1. The van der Waals surface area contributed by atoms with Crippen molar-refractivity contribution in [3.05, 3.63) is 157 Å². The SMILES string of the molecule is c1cc(-c2cccc3ccccc23)cc(-c2c3ccccc3c(-c3oc4ccccc4c3-c3cccs3)c3ccccc23)c1. The van der Waals surface area contributed by atoms with Gasteiger partial charge in [-0.05, 0) is 78.2 Å². The molecule has 0 aliphatic carbocycles. The molecular formula is C42H26OS. The van der Waals surface area contributed by atoms with E-state index in [4.69, 9.17) is 4.42 Å². The van der Waals surface area contributed by atoms with Crippen molar-refractivity contribution in [1.82, 2.24) is 0 Å². The number of para-hydroxylation sites is 1. The van der Waals surface area contributed by atoms with Crippen LogP contribution in [0.2, 0.25) is 0 Å². The summed E-state index contributed by atoms with van der Waals surface area (Å²) in [6.07, 6.45) is 0. The Kier molecular flexibility index (Phi) is 5.75. The number of hydrogen-bond acceptors (Lipinski definition) is 2. The first-order valence-electron chi connectivity index (χ1n) is 14.9. The summed E-state index contributed by atoms with van der Waals surface area (Å²) < 4.78 is 6.80. The van der Waals surface area contributed by atoms with Gasteiger partial charge in [0.25, 0.3) is 0 Å². The second-order valence-corrected chi connectivity index (χ2v) is 12.2. The van der Waals surface area contributed by atoms with Crippen LogP contribution in [0.3, 0.4) is 0 Å². The number of rotatable bonds is 4. The molecule has 44 heavy (non-hydrogen) atoms. The first-order valence-corrected chi connectivity index (χ1v) is 15.8. The average molecular weight is 579 g/mol. The van der Waals surface area contributed by atoms with Crippen molar-refractivity contribution in [3.8, 4) is 44.0 Å². The van der Waals surface area contributed by atoms with E-state index < -0.39 is 0 Å². The van der Waals surface area contributed by atoms with Crippen LogP contribution in [-0.2, 0) is 0 Å². The lowest BCUT2D eigenvalue weighted by Crippen LogP contribution is -1.91. The predicted octanol–water partition coefficient (Wildman–Crippen LogP) is 12.6. The maximum Gasteiger partial charge on any atom is 0.145 e. The molecule has 9 rings (SSSR count). The molecule has 0 amide bonds. The van der Waals surface area contributed by atoms with E-state index in [1.165, 1.54) is 59.4 Å². The van der Waals surface area contributed by atoms with E-state index >= 15 is 0 Å². The molecule has 0 saturated carbocycles. The Morgan fingerprint density at radius 2 is 1.00 bits per heavy atom. The predicted molar refractivity (Wildman–Crippen MR) is 188 cm³/mol. The Labute approximate surface area is 259 Å². The van der Waals surface area contributed by atoms with Crippen LogP contribution in [0, 0.1) is 0 Å². The van der Waals surface area contributed by atoms with E-state index in [1.54, 1.807) is 11.3 Å². The van der Waals surface area contributed by atoms with Crippen LogP contribution < -0.4 is 0 Å². The van der Waals surface area contributed by atoms with E-state index in [0.717, 1.165) is 27.9 Å². The fourth-order valence-corrected chi connectivity index (χ4v) is 7.67. The van der Waals surface area contributed by atoms with Gasteiger partial charge in [-0.15, -0.1) is 11.3 Å². The second kappa shape index (κ2) is 10.1. The van der Waals surface area contributed by atoms with Crippen molar-refractivity contribution >= 4 is 54.6 Å². The van der Waals surface area contributed by atoms with Crippen LogP contribution in [0.5, 0.6) is 0 Å². The molecule has 0 radical (unpaired) electrons. The number of thiophene rings is 1. The van der Waals surface area contributed by atoms with Crippen molar-refractivity contribution in [2.75, 3.05) is 0 Å². The van der Waals surface area contributed by atoms with Gasteiger partial charge in [-0.2, -0.15) is 0 Å². The molecule has 0 N–H and O–H groups in total. The Morgan fingerprint density at radius 1 is 0.409 bits per heavy atom. The van der Waals surface area contributed by atoms with Gasteiger partial charge in [-0.3, -0.25) is 0 Å². The summed E-state index contributed by atoms with van der Waals surface area (Å²) in [6.45, 7) is 0. The minimum Gasteiger partial charge on any atom is -0.455 e. The number of benzene rings is 7. The lowest BCUT2D eigenvalue weighted by Gasteiger charge is -2.18. The van der Waals surface area contributed by atoms with Gasteiger partial charge in [0.1, 0.15) is 11.3 Å². The molecule has 0 unspecified atom stereocenters. The first-order chi connectivity index (χ1) is 21.8. The Morgan fingerprint density at radius 3 is 1.73 bits per heavy atom. The summed E-state index contributed by atoms with van der Waals surface area (Å²) in [5.41, 5.74) is 8.13. The molecule has 0 spiro atoms. The normalized spacial score (nSPS) is 11.6. The van der Waals surface area contributed by atoms with Crippen molar-refractivity contribution < 1.29 is 4.42 Å². The maximum absolute atomic E-state index is 6.80. The van der Waals surface area contributed by atoms with Crippen LogP contribution in [0.4, 0.5) is 0 Å². The van der Waals surface area contributed by atoms with E-state index in [2.05, 4.69) is 157 Å². The molecule has 206 valence electrons. The highest BCUT2D eigenvalue weighted by atomic mass is 32.1. The van der Waals surface area contributed by atoms with Crippen LogP contribution in [0.25, 0.3) is 87.3 Å². The van der Waals surface area contributed by atoms with Crippen LogP contribution in [0.1, 0.15) is 0 Å². The minimum atomic E-state index is 0.908. The van der Waals surface area contributed by atoms with Crippen molar-refractivity contribution in [3.63, 3.8) is 0 Å². The second-order valence-electron chi connectivity index (χ2n) is 11.2. The smallest absolute Gasteiger partial charge is 0.145 e. The van der Waals surface area contributed by atoms with Crippen molar-refractivity contribution in [2.45, 2.75) is 0 Å². The Balaban J connectivity index is 1.36. The lowest BCUT2D eigenvalue weighted by atomic mass is 9.86. The molecule has 0 aliphatic heterocycles. The molecule has 0 atom stereocenters. The summed E-state index contributed by atoms with van der Waals surface area (Å²) in [4.78, 5) is 1.21. The molecule has 2 heterocycles. The highest BCUT2D eigenvalue weighted by molar-refractivity contribution is 7.13. The Bertz CT molecular complexity index is 2440. The topological polar surface area (TPSA) is 13.1 Å². The molecule has 0 saturated heterocycles. The highest BCUT2D eigenvalue weighted by Gasteiger charge is 2.24. The fraction of sp³-hybridized carbons (Fsp3) is 0. The third kappa shape index (κ3) is 3.85. The quantitative estimate of drug-likeness (QED) is 0.189. The molecule has 0 aliphatic rings. The molecule has 0 fully saturated rings. The summed E-state index contributed by atoms with van der Waals surface area (Å²) >= 11 is 1.76. The molecular weight excluding hydrogens is 553 g/mol. The zero-order valence-corrected chi connectivity index (χ0v) is 24.6. The monoisotopic (exact) mass is 578 g/mol. The first kappa shape index (κ1) is 25.1. The highest BCUT2D eigenvalue weighted by Crippen LogP contribution is 2.49. The molecule has 1 nitrogen and oxygen atoms in total. The summed E-state index contributed by atoms with van der Waals surface area (Å²) in [5.74, 6) is 0.928. The van der Waals surface area contributed by atoms with E-state index in [-0.39, 0.29) is 0 Å². The van der Waals surface area contributed by atoms with Gasteiger partial charge in [0.2, 0.25) is 0 Å². The van der Waals surface area contributed by atoms with Gasteiger partial charge in [-0.25, -0.2) is 0 Å². The standard InChI is InChI=1S/C42H26OS/c1-2-16-30-27(12-1)13-10-22-31(30)28-14-9-15-29(26-28)39-32-17-3-5-19-34(32)40(35-20-6-4-18-33(35)39)42-41(38-24-11-25-44-38)36-21-7-8-23-37(36)43-42/h1-26H. The molecule has 0 bridgehead atoms. The molecule has 7 aromatic carbocycles. The largest absolute Gasteiger partial charge is 0.455 e. The Hall–Kier alpha value is -5.44. The van der Waals surface area contributed by atoms with E-state index in [9.17, 15) is 0 Å². The van der Waals surface area contributed by atoms with Gasteiger partial charge in [0, 0.05) is 21.4 Å². The summed E-state index contributed by atoms with van der Waals surface area (Å²) in [6, 6.07) is 54.6. The summed E-state index contributed by atoms with van der Waals surface area (Å²) in [5, 5.41) is 10.6. The van der Waals surface area contributed by atoms with Crippen LogP contribution in [0.15, 0.2) is 161 Å². The van der Waals surface area contributed by atoms with E-state index in [1.807, 2.05) is 0 Å². The zero-order chi connectivity index (χ0) is 29.0. The van der Waals surface area contributed by atoms with Crippen molar-refractivity contribution in [1.29, 1.82) is 0 Å². The third-order valence-electron chi connectivity index (χ3n) is 8.77. The maximum atomic E-state index is 6.80. The van der Waals surface area contributed by atoms with Crippen LogP contribution >= 0.6 is 11.3 Å². The van der Waals surface area contributed by atoms with Gasteiger partial charge >= 0.3 is 0 Å². The van der Waals surface area contributed by atoms with E-state index in [0.29, 0.717) is 0 Å². The average Bonchev–Trinajstić information content (AvgIpc) is 3.75. The third-order valence-corrected chi connectivity index (χ3v) is 9.66. The molecule has 2 heteroatoms. The van der Waals surface area contributed by atoms with Gasteiger partial charge < -0.3 is 4.42 Å². The summed E-state index contributed by atoms with van der Waals surface area (Å²) in [7, 11) is 0. The minimum absolute atomic E-state index is 0.908.